The summed E-state index contributed by atoms with van der Waals surface area (Å²) < 4.78 is 5.34. The third kappa shape index (κ3) is 3.64. The second-order valence-electron chi connectivity index (χ2n) is 6.17. The van der Waals surface area contributed by atoms with Crippen LogP contribution in [-0.2, 0) is 9.53 Å². The van der Waals surface area contributed by atoms with E-state index in [9.17, 15) is 4.79 Å². The van der Waals surface area contributed by atoms with Crippen LogP contribution in [0.3, 0.4) is 0 Å². The Labute approximate surface area is 131 Å². The van der Waals surface area contributed by atoms with E-state index < -0.39 is 0 Å². The van der Waals surface area contributed by atoms with Crippen molar-refractivity contribution < 1.29 is 9.53 Å². The molecule has 4 nitrogen and oxygen atoms in total. The summed E-state index contributed by atoms with van der Waals surface area (Å²) in [5.41, 5.74) is 1.06. The molecule has 1 amide bonds. The molecule has 0 bridgehead atoms. The van der Waals surface area contributed by atoms with Crippen LogP contribution in [-0.4, -0.2) is 36.1 Å². The van der Waals surface area contributed by atoms with E-state index in [1.54, 1.807) is 11.3 Å². The van der Waals surface area contributed by atoms with Crippen LogP contribution in [0.5, 0.6) is 0 Å². The van der Waals surface area contributed by atoms with Crippen molar-refractivity contribution >= 4 is 17.2 Å². The highest BCUT2D eigenvalue weighted by molar-refractivity contribution is 7.11. The zero-order valence-electron chi connectivity index (χ0n) is 13.7. The van der Waals surface area contributed by atoms with Crippen molar-refractivity contribution in [1.82, 2.24) is 9.88 Å². The predicted octanol–water partition coefficient (Wildman–Crippen LogP) is 3.52. The van der Waals surface area contributed by atoms with Crippen molar-refractivity contribution in [3.05, 3.63) is 15.6 Å². The Bertz CT molecular complexity index is 492. The number of thiazole rings is 1. The zero-order valence-corrected chi connectivity index (χ0v) is 14.5. The topological polar surface area (TPSA) is 42.4 Å². The summed E-state index contributed by atoms with van der Waals surface area (Å²) in [5, 5.41) is 1.15. The van der Waals surface area contributed by atoms with E-state index in [-0.39, 0.29) is 17.9 Å². The van der Waals surface area contributed by atoms with Crippen LogP contribution in [0.1, 0.15) is 61.2 Å². The van der Waals surface area contributed by atoms with Crippen LogP contribution in [0, 0.1) is 12.8 Å². The van der Waals surface area contributed by atoms with Gasteiger partial charge >= 0.3 is 0 Å². The zero-order chi connectivity index (χ0) is 15.6. The summed E-state index contributed by atoms with van der Waals surface area (Å²) in [6.45, 7) is 9.86. The van der Waals surface area contributed by atoms with Gasteiger partial charge in [0, 0.05) is 37.0 Å². The number of aryl methyl sites for hydroxylation is 1. The van der Waals surface area contributed by atoms with Crippen molar-refractivity contribution in [3.63, 3.8) is 0 Å². The number of carbonyl (C=O) groups excluding carboxylic acids is 1. The fourth-order valence-electron chi connectivity index (χ4n) is 2.66. The van der Waals surface area contributed by atoms with Gasteiger partial charge in [-0.2, -0.15) is 0 Å². The first kappa shape index (κ1) is 16.4. The minimum absolute atomic E-state index is 0.0883. The molecule has 1 aromatic heterocycles. The summed E-state index contributed by atoms with van der Waals surface area (Å²) in [6, 6.07) is 0.0883. The number of hydrogen-bond donors (Lipinski definition) is 0. The number of ether oxygens (including phenoxy) is 1. The molecule has 0 saturated carbocycles. The van der Waals surface area contributed by atoms with Gasteiger partial charge < -0.3 is 9.64 Å². The van der Waals surface area contributed by atoms with E-state index >= 15 is 0 Å². The van der Waals surface area contributed by atoms with Gasteiger partial charge in [-0.1, -0.05) is 13.8 Å². The van der Waals surface area contributed by atoms with Gasteiger partial charge in [-0.05, 0) is 26.7 Å². The lowest BCUT2D eigenvalue weighted by Gasteiger charge is -2.30. The second-order valence-corrected chi connectivity index (χ2v) is 7.23. The lowest BCUT2D eigenvalue weighted by molar-refractivity contribution is -0.139. The monoisotopic (exact) mass is 310 g/mol. The fraction of sp³-hybridized carbons (Fsp3) is 0.750. The average molecular weight is 310 g/mol. The maximum absolute atomic E-state index is 12.6. The molecule has 0 spiro atoms. The molecule has 1 aliphatic rings. The van der Waals surface area contributed by atoms with E-state index in [2.05, 4.69) is 25.8 Å². The smallest absolute Gasteiger partial charge is 0.226 e. The maximum Gasteiger partial charge on any atom is 0.226 e. The first-order chi connectivity index (χ1) is 9.91. The molecule has 0 N–H and O–H groups in total. The summed E-state index contributed by atoms with van der Waals surface area (Å²) >= 11 is 1.74. The second kappa shape index (κ2) is 6.88. The minimum atomic E-state index is 0.0883. The molecule has 1 aromatic rings. The van der Waals surface area contributed by atoms with Gasteiger partial charge in [0.1, 0.15) is 0 Å². The van der Waals surface area contributed by atoms with Crippen molar-refractivity contribution in [2.45, 2.75) is 52.5 Å². The molecule has 1 fully saturated rings. The van der Waals surface area contributed by atoms with Gasteiger partial charge in [-0.25, -0.2) is 4.98 Å². The largest absolute Gasteiger partial charge is 0.381 e. The molecule has 0 radical (unpaired) electrons. The van der Waals surface area contributed by atoms with Crippen LogP contribution in [0.15, 0.2) is 0 Å². The third-order valence-corrected chi connectivity index (χ3v) is 5.85. The lowest BCUT2D eigenvalue weighted by Crippen LogP contribution is -2.37. The van der Waals surface area contributed by atoms with Crippen LogP contribution in [0.25, 0.3) is 0 Å². The van der Waals surface area contributed by atoms with Crippen molar-refractivity contribution in [2.75, 3.05) is 20.3 Å². The van der Waals surface area contributed by atoms with E-state index in [4.69, 9.17) is 4.74 Å². The SMILES string of the molecule is Cc1nc(C(C)C)sc1[C@H](C)N(C)C(=O)C1CCOCC1. The number of amides is 1. The quantitative estimate of drug-likeness (QED) is 0.854. The molecule has 1 saturated heterocycles. The van der Waals surface area contributed by atoms with E-state index in [0.29, 0.717) is 19.1 Å². The van der Waals surface area contributed by atoms with Gasteiger partial charge in [0.05, 0.1) is 16.7 Å². The highest BCUT2D eigenvalue weighted by Crippen LogP contribution is 2.33. The Morgan fingerprint density at radius 1 is 1.33 bits per heavy atom. The van der Waals surface area contributed by atoms with E-state index in [0.717, 1.165) is 23.5 Å². The Kier molecular flexibility index (Phi) is 5.38. The molecule has 2 heterocycles. The molecule has 1 aliphatic heterocycles. The van der Waals surface area contributed by atoms with Crippen molar-refractivity contribution in [1.29, 1.82) is 0 Å². The Morgan fingerprint density at radius 3 is 2.48 bits per heavy atom. The normalized spacial score (nSPS) is 18.0. The van der Waals surface area contributed by atoms with Crippen LogP contribution >= 0.6 is 11.3 Å². The molecule has 0 aliphatic carbocycles. The average Bonchev–Trinajstić information content (AvgIpc) is 2.88. The highest BCUT2D eigenvalue weighted by atomic mass is 32.1. The fourth-order valence-corrected chi connectivity index (χ4v) is 3.83. The lowest BCUT2D eigenvalue weighted by atomic mass is 9.98. The van der Waals surface area contributed by atoms with Gasteiger partial charge in [0.25, 0.3) is 0 Å². The van der Waals surface area contributed by atoms with Crippen LogP contribution in [0.4, 0.5) is 0 Å². The number of nitrogens with zero attached hydrogens (tertiary/aromatic N) is 2. The Hall–Kier alpha value is -0.940. The van der Waals surface area contributed by atoms with E-state index in [1.807, 2.05) is 18.9 Å². The van der Waals surface area contributed by atoms with Crippen molar-refractivity contribution in [2.24, 2.45) is 5.92 Å². The number of aromatic nitrogens is 1. The highest BCUT2D eigenvalue weighted by Gasteiger charge is 2.29. The molecule has 0 aromatic carbocycles. The standard InChI is InChI=1S/C16H26N2O2S/c1-10(2)15-17-11(3)14(21-15)12(4)18(5)16(19)13-6-8-20-9-7-13/h10,12-13H,6-9H2,1-5H3/t12-/m0/s1. The molecule has 0 unspecified atom stereocenters. The molecule has 1 atom stereocenters. The summed E-state index contributed by atoms with van der Waals surface area (Å²) in [5.74, 6) is 0.792. The van der Waals surface area contributed by atoms with Crippen molar-refractivity contribution in [3.8, 4) is 0 Å². The summed E-state index contributed by atoms with van der Waals surface area (Å²) in [4.78, 5) is 20.4. The number of carbonyl (C=O) groups is 1. The molecular formula is C16H26N2O2S. The molecule has 21 heavy (non-hydrogen) atoms. The van der Waals surface area contributed by atoms with Gasteiger partial charge in [-0.15, -0.1) is 11.3 Å². The maximum atomic E-state index is 12.6. The van der Waals surface area contributed by atoms with Gasteiger partial charge in [0.2, 0.25) is 5.91 Å². The third-order valence-electron chi connectivity index (χ3n) is 4.22. The Morgan fingerprint density at radius 2 is 1.95 bits per heavy atom. The molecule has 5 heteroatoms. The van der Waals surface area contributed by atoms with Gasteiger partial charge in [0.15, 0.2) is 0 Å². The summed E-state index contributed by atoms with van der Waals surface area (Å²) in [7, 11) is 1.91. The van der Waals surface area contributed by atoms with Crippen LogP contribution in [0.2, 0.25) is 0 Å². The minimum Gasteiger partial charge on any atom is -0.381 e. The molecular weight excluding hydrogens is 284 g/mol. The van der Waals surface area contributed by atoms with E-state index in [1.165, 1.54) is 4.88 Å². The predicted molar refractivity (Wildman–Crippen MR) is 85.7 cm³/mol. The molecule has 2 rings (SSSR count). The van der Waals surface area contributed by atoms with Gasteiger partial charge in [-0.3, -0.25) is 4.79 Å². The summed E-state index contributed by atoms with van der Waals surface area (Å²) in [6.07, 6.45) is 1.68. The molecule has 118 valence electrons. The number of rotatable bonds is 4. The first-order valence-electron chi connectivity index (χ1n) is 7.73. The van der Waals surface area contributed by atoms with Crippen LogP contribution < -0.4 is 0 Å². The number of hydrogen-bond acceptors (Lipinski definition) is 4. The Balaban J connectivity index is 2.10. The first-order valence-corrected chi connectivity index (χ1v) is 8.55.